The first kappa shape index (κ1) is 14.2. The van der Waals surface area contributed by atoms with Gasteiger partial charge in [0.25, 0.3) is 0 Å². The second-order valence-corrected chi connectivity index (χ2v) is 7.34. The van der Waals surface area contributed by atoms with Crippen LogP contribution in [0, 0.1) is 5.92 Å². The van der Waals surface area contributed by atoms with Gasteiger partial charge in [0.15, 0.2) is 0 Å². The summed E-state index contributed by atoms with van der Waals surface area (Å²) < 4.78 is 26.5. The van der Waals surface area contributed by atoms with E-state index in [0.717, 1.165) is 26.2 Å². The standard InChI is InChI=1S/C12H25N3O2S/c16-18(17,14-11-12-3-1-2-4-12)10-9-15-7-5-13-6-8-15/h12-14H,1-11H2. The molecule has 2 rings (SSSR count). The molecule has 1 aliphatic carbocycles. The molecule has 0 aromatic heterocycles. The van der Waals surface area contributed by atoms with E-state index in [0.29, 0.717) is 19.0 Å². The van der Waals surface area contributed by atoms with Crippen LogP contribution in [-0.2, 0) is 10.0 Å². The summed E-state index contributed by atoms with van der Waals surface area (Å²) in [6.07, 6.45) is 4.88. The lowest BCUT2D eigenvalue weighted by Crippen LogP contribution is -2.46. The Hall–Kier alpha value is -0.170. The third-order valence-electron chi connectivity index (χ3n) is 3.95. The predicted molar refractivity (Wildman–Crippen MR) is 73.1 cm³/mol. The van der Waals surface area contributed by atoms with Crippen molar-refractivity contribution in [2.75, 3.05) is 45.0 Å². The predicted octanol–water partition coefficient (Wildman–Crippen LogP) is 0.00120. The maximum atomic E-state index is 11.9. The quantitative estimate of drug-likeness (QED) is 0.716. The first-order valence-corrected chi connectivity index (χ1v) is 8.71. The van der Waals surface area contributed by atoms with E-state index in [1.54, 1.807) is 0 Å². The Labute approximate surface area is 110 Å². The van der Waals surface area contributed by atoms with Crippen molar-refractivity contribution >= 4 is 10.0 Å². The fraction of sp³-hybridized carbons (Fsp3) is 1.00. The summed E-state index contributed by atoms with van der Waals surface area (Å²) in [6, 6.07) is 0. The van der Waals surface area contributed by atoms with Gasteiger partial charge in [0.05, 0.1) is 5.75 Å². The van der Waals surface area contributed by atoms with Gasteiger partial charge in [-0.1, -0.05) is 12.8 Å². The van der Waals surface area contributed by atoms with Gasteiger partial charge in [0.1, 0.15) is 0 Å². The number of nitrogens with one attached hydrogen (secondary N) is 2. The first-order chi connectivity index (χ1) is 8.66. The van der Waals surface area contributed by atoms with Gasteiger partial charge in [0.2, 0.25) is 10.0 Å². The van der Waals surface area contributed by atoms with Crippen molar-refractivity contribution in [1.82, 2.24) is 14.9 Å². The fourth-order valence-corrected chi connectivity index (χ4v) is 3.85. The molecule has 2 fully saturated rings. The zero-order valence-corrected chi connectivity index (χ0v) is 11.8. The molecule has 6 heteroatoms. The van der Waals surface area contributed by atoms with E-state index in [9.17, 15) is 8.42 Å². The van der Waals surface area contributed by atoms with E-state index in [2.05, 4.69) is 14.9 Å². The Morgan fingerprint density at radius 1 is 1.17 bits per heavy atom. The van der Waals surface area contributed by atoms with E-state index in [1.807, 2.05) is 0 Å². The molecule has 1 heterocycles. The van der Waals surface area contributed by atoms with Crippen LogP contribution < -0.4 is 10.0 Å². The highest BCUT2D eigenvalue weighted by Crippen LogP contribution is 2.23. The Morgan fingerprint density at radius 3 is 2.50 bits per heavy atom. The Balaban J connectivity index is 1.66. The van der Waals surface area contributed by atoms with Gasteiger partial charge >= 0.3 is 0 Å². The van der Waals surface area contributed by atoms with E-state index in [1.165, 1.54) is 25.7 Å². The molecule has 1 saturated heterocycles. The zero-order chi connectivity index (χ0) is 12.8. The lowest BCUT2D eigenvalue weighted by molar-refractivity contribution is 0.253. The highest BCUT2D eigenvalue weighted by Gasteiger charge is 2.19. The van der Waals surface area contributed by atoms with Crippen LogP contribution in [0.1, 0.15) is 25.7 Å². The van der Waals surface area contributed by atoms with Crippen LogP contribution in [0.2, 0.25) is 0 Å². The van der Waals surface area contributed by atoms with Crippen molar-refractivity contribution in [2.45, 2.75) is 25.7 Å². The normalized spacial score (nSPS) is 23.6. The van der Waals surface area contributed by atoms with Gasteiger partial charge < -0.3 is 5.32 Å². The maximum absolute atomic E-state index is 11.9. The van der Waals surface area contributed by atoms with E-state index in [4.69, 9.17) is 0 Å². The van der Waals surface area contributed by atoms with E-state index < -0.39 is 10.0 Å². The third kappa shape index (κ3) is 4.84. The van der Waals surface area contributed by atoms with Crippen molar-refractivity contribution in [3.05, 3.63) is 0 Å². The summed E-state index contributed by atoms with van der Waals surface area (Å²) in [5.41, 5.74) is 0. The molecule has 0 aromatic rings. The Kier molecular flexibility index (Phi) is 5.41. The average Bonchev–Trinajstić information content (AvgIpc) is 2.89. The van der Waals surface area contributed by atoms with Crippen molar-refractivity contribution in [2.24, 2.45) is 5.92 Å². The van der Waals surface area contributed by atoms with Crippen molar-refractivity contribution in [1.29, 1.82) is 0 Å². The van der Waals surface area contributed by atoms with Gasteiger partial charge in [-0.2, -0.15) is 0 Å². The molecule has 0 aromatic carbocycles. The summed E-state index contributed by atoms with van der Waals surface area (Å²) in [7, 11) is -3.08. The van der Waals surface area contributed by atoms with Gasteiger partial charge in [0, 0.05) is 39.3 Å². The monoisotopic (exact) mass is 275 g/mol. The number of nitrogens with zero attached hydrogens (tertiary/aromatic N) is 1. The highest BCUT2D eigenvalue weighted by molar-refractivity contribution is 7.89. The van der Waals surface area contributed by atoms with Crippen LogP contribution in [0.3, 0.4) is 0 Å². The molecule has 0 unspecified atom stereocenters. The number of sulfonamides is 1. The second kappa shape index (κ2) is 6.84. The minimum Gasteiger partial charge on any atom is -0.314 e. The second-order valence-electron chi connectivity index (χ2n) is 5.41. The van der Waals surface area contributed by atoms with E-state index >= 15 is 0 Å². The summed E-state index contributed by atoms with van der Waals surface area (Å²) in [6.45, 7) is 5.15. The topological polar surface area (TPSA) is 61.4 Å². The molecule has 106 valence electrons. The minimum absolute atomic E-state index is 0.236. The van der Waals surface area contributed by atoms with Crippen molar-refractivity contribution in [3.8, 4) is 0 Å². The summed E-state index contributed by atoms with van der Waals surface area (Å²) >= 11 is 0. The lowest BCUT2D eigenvalue weighted by Gasteiger charge is -2.27. The zero-order valence-electron chi connectivity index (χ0n) is 11.0. The molecule has 2 aliphatic rings. The van der Waals surface area contributed by atoms with Crippen LogP contribution in [0.5, 0.6) is 0 Å². The largest absolute Gasteiger partial charge is 0.314 e. The molecule has 0 amide bonds. The average molecular weight is 275 g/mol. The van der Waals surface area contributed by atoms with Gasteiger partial charge in [-0.25, -0.2) is 13.1 Å². The summed E-state index contributed by atoms with van der Waals surface area (Å²) in [5.74, 6) is 0.804. The molecule has 0 radical (unpaired) electrons. The SMILES string of the molecule is O=S(=O)(CCN1CCNCC1)NCC1CCCC1. The lowest BCUT2D eigenvalue weighted by atomic mass is 10.1. The number of piperazine rings is 1. The molecule has 1 aliphatic heterocycles. The number of hydrogen-bond donors (Lipinski definition) is 2. The van der Waals surface area contributed by atoms with Crippen molar-refractivity contribution in [3.63, 3.8) is 0 Å². The van der Waals surface area contributed by atoms with Crippen LogP contribution in [0.15, 0.2) is 0 Å². The Morgan fingerprint density at radius 2 is 1.83 bits per heavy atom. The minimum atomic E-state index is -3.08. The molecular weight excluding hydrogens is 250 g/mol. The molecule has 0 bridgehead atoms. The molecule has 1 saturated carbocycles. The molecular formula is C12H25N3O2S. The van der Waals surface area contributed by atoms with Crippen LogP contribution >= 0.6 is 0 Å². The Bertz CT molecular complexity index is 333. The molecule has 18 heavy (non-hydrogen) atoms. The van der Waals surface area contributed by atoms with Gasteiger partial charge in [-0.15, -0.1) is 0 Å². The van der Waals surface area contributed by atoms with Gasteiger partial charge in [-0.3, -0.25) is 4.90 Å². The molecule has 0 atom stereocenters. The molecule has 0 spiro atoms. The summed E-state index contributed by atoms with van der Waals surface area (Å²) in [4.78, 5) is 2.21. The van der Waals surface area contributed by atoms with Crippen LogP contribution in [0.4, 0.5) is 0 Å². The third-order valence-corrected chi connectivity index (χ3v) is 5.28. The fourth-order valence-electron chi connectivity index (χ4n) is 2.72. The summed E-state index contributed by atoms with van der Waals surface area (Å²) in [5, 5.41) is 3.27. The first-order valence-electron chi connectivity index (χ1n) is 7.06. The van der Waals surface area contributed by atoms with Gasteiger partial charge in [-0.05, 0) is 18.8 Å². The molecule has 2 N–H and O–H groups in total. The number of hydrogen-bond acceptors (Lipinski definition) is 4. The highest BCUT2D eigenvalue weighted by atomic mass is 32.2. The van der Waals surface area contributed by atoms with Crippen molar-refractivity contribution < 1.29 is 8.42 Å². The number of rotatable bonds is 6. The molecule has 5 nitrogen and oxygen atoms in total. The van der Waals surface area contributed by atoms with E-state index in [-0.39, 0.29) is 5.75 Å². The van der Waals surface area contributed by atoms with Crippen LogP contribution in [-0.4, -0.2) is 58.3 Å². The maximum Gasteiger partial charge on any atom is 0.212 e. The van der Waals surface area contributed by atoms with Crippen LogP contribution in [0.25, 0.3) is 0 Å². The smallest absolute Gasteiger partial charge is 0.212 e.